The van der Waals surface area contributed by atoms with Crippen molar-refractivity contribution in [3.8, 4) is 0 Å². The average molecular weight is 464 g/mol. The Morgan fingerprint density at radius 2 is 1.84 bits per heavy atom. The fraction of sp³-hybridized carbons (Fsp3) is 0.435. The highest BCUT2D eigenvalue weighted by Gasteiger charge is 2.24. The normalized spacial score (nSPS) is 17.5. The van der Waals surface area contributed by atoms with Crippen molar-refractivity contribution in [2.24, 2.45) is 5.92 Å². The summed E-state index contributed by atoms with van der Waals surface area (Å²) in [7, 11) is -3.53. The molecule has 0 spiro atoms. The van der Waals surface area contributed by atoms with E-state index in [0.717, 1.165) is 36.1 Å². The van der Waals surface area contributed by atoms with Gasteiger partial charge in [0.05, 0.1) is 22.2 Å². The largest absolute Gasteiger partial charge is 0.323 e. The van der Waals surface area contributed by atoms with Crippen LogP contribution in [0.4, 0.5) is 5.69 Å². The van der Waals surface area contributed by atoms with Gasteiger partial charge in [-0.15, -0.1) is 0 Å². The third-order valence-electron chi connectivity index (χ3n) is 5.56. The Morgan fingerprint density at radius 1 is 1.13 bits per heavy atom. The van der Waals surface area contributed by atoms with Crippen LogP contribution >= 0.6 is 11.6 Å². The molecule has 1 atom stereocenters. The van der Waals surface area contributed by atoms with Crippen LogP contribution < -0.4 is 10.0 Å². The van der Waals surface area contributed by atoms with Gasteiger partial charge in [0.2, 0.25) is 15.9 Å². The standard InChI is InChI=1S/C23H30ClN3O3S/c1-16-6-8-20(9-7-16)31(29,30)25-13-19-5-4-10-27(14-19)15-22(28)26-23-18(3)11-17(2)12-21(23)24/h6-9,11-12,19,25H,4-5,10,13-15H2,1-3H3,(H,26,28). The van der Waals surface area contributed by atoms with E-state index < -0.39 is 10.0 Å². The number of sulfonamides is 1. The van der Waals surface area contributed by atoms with Crippen molar-refractivity contribution in [2.75, 3.05) is 31.5 Å². The molecule has 2 aromatic rings. The van der Waals surface area contributed by atoms with Crippen molar-refractivity contribution in [1.82, 2.24) is 9.62 Å². The third kappa shape index (κ3) is 6.53. The average Bonchev–Trinajstić information content (AvgIpc) is 2.70. The van der Waals surface area contributed by atoms with E-state index in [-0.39, 0.29) is 23.3 Å². The van der Waals surface area contributed by atoms with Crippen LogP contribution in [0, 0.1) is 26.7 Å². The Labute approximate surface area is 190 Å². The second-order valence-corrected chi connectivity index (χ2v) is 10.6. The molecule has 2 aromatic carbocycles. The summed E-state index contributed by atoms with van der Waals surface area (Å²) in [5.41, 5.74) is 3.65. The molecule has 6 nitrogen and oxygen atoms in total. The topological polar surface area (TPSA) is 78.5 Å². The summed E-state index contributed by atoms with van der Waals surface area (Å²) < 4.78 is 27.8. The Balaban J connectivity index is 1.53. The van der Waals surface area contributed by atoms with Crippen molar-refractivity contribution >= 4 is 33.2 Å². The predicted octanol–water partition coefficient (Wildman–Crippen LogP) is 3.89. The number of rotatable bonds is 7. The smallest absolute Gasteiger partial charge is 0.240 e. The third-order valence-corrected chi connectivity index (χ3v) is 7.30. The molecule has 0 bridgehead atoms. The molecule has 1 heterocycles. The number of carbonyl (C=O) groups is 1. The van der Waals surface area contributed by atoms with E-state index in [1.165, 1.54) is 0 Å². The first-order chi connectivity index (χ1) is 14.6. The van der Waals surface area contributed by atoms with Gasteiger partial charge in [-0.2, -0.15) is 0 Å². The highest BCUT2D eigenvalue weighted by Crippen LogP contribution is 2.27. The maximum absolute atomic E-state index is 12.6. The molecule has 1 aliphatic rings. The number of benzene rings is 2. The molecule has 8 heteroatoms. The van der Waals surface area contributed by atoms with Gasteiger partial charge in [0.15, 0.2) is 0 Å². The van der Waals surface area contributed by atoms with Crippen molar-refractivity contribution in [3.63, 3.8) is 0 Å². The molecule has 0 saturated carbocycles. The van der Waals surface area contributed by atoms with Crippen LogP contribution in [0.15, 0.2) is 41.3 Å². The number of halogens is 1. The quantitative estimate of drug-likeness (QED) is 0.652. The molecule has 2 N–H and O–H groups in total. The molecule has 31 heavy (non-hydrogen) atoms. The van der Waals surface area contributed by atoms with Gasteiger partial charge in [0.1, 0.15) is 0 Å². The Morgan fingerprint density at radius 3 is 2.52 bits per heavy atom. The minimum Gasteiger partial charge on any atom is -0.323 e. The molecule has 1 fully saturated rings. The first kappa shape index (κ1) is 23.7. The zero-order chi connectivity index (χ0) is 22.6. The van der Waals surface area contributed by atoms with E-state index in [1.54, 1.807) is 24.3 Å². The van der Waals surface area contributed by atoms with E-state index in [2.05, 4.69) is 14.9 Å². The van der Waals surface area contributed by atoms with Gasteiger partial charge in [-0.05, 0) is 75.4 Å². The van der Waals surface area contributed by atoms with Crippen molar-refractivity contribution < 1.29 is 13.2 Å². The fourth-order valence-corrected chi connectivity index (χ4v) is 5.43. The molecular weight excluding hydrogens is 434 g/mol. The molecule has 1 saturated heterocycles. The number of aryl methyl sites for hydroxylation is 3. The number of nitrogens with zero attached hydrogens (tertiary/aromatic N) is 1. The summed E-state index contributed by atoms with van der Waals surface area (Å²) in [5, 5.41) is 3.46. The second-order valence-electron chi connectivity index (χ2n) is 8.40. The summed E-state index contributed by atoms with van der Waals surface area (Å²) in [4.78, 5) is 14.9. The van der Waals surface area contributed by atoms with Gasteiger partial charge in [0.25, 0.3) is 0 Å². The van der Waals surface area contributed by atoms with Gasteiger partial charge in [-0.25, -0.2) is 13.1 Å². The zero-order valence-corrected chi connectivity index (χ0v) is 19.8. The summed E-state index contributed by atoms with van der Waals surface area (Å²) in [6, 6.07) is 10.6. The van der Waals surface area contributed by atoms with Crippen LogP contribution in [0.1, 0.15) is 29.5 Å². The molecule has 1 unspecified atom stereocenters. The zero-order valence-electron chi connectivity index (χ0n) is 18.2. The number of nitrogens with one attached hydrogen (secondary N) is 2. The molecule has 168 valence electrons. The van der Waals surface area contributed by atoms with E-state index in [9.17, 15) is 13.2 Å². The number of hydrogen-bond acceptors (Lipinski definition) is 4. The first-order valence-electron chi connectivity index (χ1n) is 10.5. The Hall–Kier alpha value is -1.93. The summed E-state index contributed by atoms with van der Waals surface area (Å²) in [5.74, 6) is 0.0428. The molecule has 0 aromatic heterocycles. The number of anilines is 1. The van der Waals surface area contributed by atoms with Crippen LogP contribution in [0.25, 0.3) is 0 Å². The fourth-order valence-electron chi connectivity index (χ4n) is 3.95. The maximum Gasteiger partial charge on any atom is 0.240 e. The molecule has 1 aliphatic heterocycles. The molecule has 3 rings (SSSR count). The van der Waals surface area contributed by atoms with E-state index in [0.29, 0.717) is 23.8 Å². The lowest BCUT2D eigenvalue weighted by Gasteiger charge is -2.32. The lowest BCUT2D eigenvalue weighted by Crippen LogP contribution is -2.43. The summed E-state index contributed by atoms with van der Waals surface area (Å²) in [6.07, 6.45) is 1.85. The number of carbonyl (C=O) groups excluding carboxylic acids is 1. The maximum atomic E-state index is 12.6. The predicted molar refractivity (Wildman–Crippen MR) is 125 cm³/mol. The molecule has 0 aliphatic carbocycles. The van der Waals surface area contributed by atoms with Gasteiger partial charge in [-0.1, -0.05) is 35.4 Å². The minimum absolute atomic E-state index is 0.116. The second kappa shape index (κ2) is 10.1. The molecule has 0 radical (unpaired) electrons. The van der Waals surface area contributed by atoms with Gasteiger partial charge in [-0.3, -0.25) is 9.69 Å². The van der Waals surface area contributed by atoms with Crippen LogP contribution in [0.5, 0.6) is 0 Å². The SMILES string of the molecule is Cc1ccc(S(=O)(=O)NCC2CCCN(CC(=O)Nc3c(C)cc(C)cc3Cl)C2)cc1. The van der Waals surface area contributed by atoms with Crippen LogP contribution in [-0.2, 0) is 14.8 Å². The van der Waals surface area contributed by atoms with Crippen molar-refractivity contribution in [1.29, 1.82) is 0 Å². The summed E-state index contributed by atoms with van der Waals surface area (Å²) in [6.45, 7) is 7.91. The highest BCUT2D eigenvalue weighted by molar-refractivity contribution is 7.89. The molecule has 1 amide bonds. The lowest BCUT2D eigenvalue weighted by atomic mass is 9.98. The Bertz CT molecular complexity index is 1020. The number of likely N-dealkylation sites (tertiary alicyclic amines) is 1. The van der Waals surface area contributed by atoms with Crippen LogP contribution in [0.2, 0.25) is 5.02 Å². The lowest BCUT2D eigenvalue weighted by molar-refractivity contribution is -0.117. The number of amides is 1. The van der Waals surface area contributed by atoms with Gasteiger partial charge >= 0.3 is 0 Å². The van der Waals surface area contributed by atoms with Crippen LogP contribution in [-0.4, -0.2) is 45.4 Å². The number of piperidine rings is 1. The van der Waals surface area contributed by atoms with Crippen LogP contribution in [0.3, 0.4) is 0 Å². The van der Waals surface area contributed by atoms with E-state index in [1.807, 2.05) is 32.9 Å². The molecular formula is C23H30ClN3O3S. The van der Waals surface area contributed by atoms with Gasteiger partial charge in [0, 0.05) is 13.1 Å². The van der Waals surface area contributed by atoms with Crippen molar-refractivity contribution in [2.45, 2.75) is 38.5 Å². The highest BCUT2D eigenvalue weighted by atomic mass is 35.5. The first-order valence-corrected chi connectivity index (χ1v) is 12.4. The monoisotopic (exact) mass is 463 g/mol. The summed E-state index contributed by atoms with van der Waals surface area (Å²) >= 11 is 6.29. The minimum atomic E-state index is -3.53. The Kier molecular flexibility index (Phi) is 7.75. The van der Waals surface area contributed by atoms with E-state index >= 15 is 0 Å². The van der Waals surface area contributed by atoms with Crippen molar-refractivity contribution in [3.05, 3.63) is 58.1 Å². The number of hydrogen-bond donors (Lipinski definition) is 2. The van der Waals surface area contributed by atoms with E-state index in [4.69, 9.17) is 11.6 Å². The van der Waals surface area contributed by atoms with Gasteiger partial charge < -0.3 is 5.32 Å².